The van der Waals surface area contributed by atoms with Crippen LogP contribution in [0.25, 0.3) is 0 Å². The van der Waals surface area contributed by atoms with Gasteiger partial charge in [0, 0.05) is 23.1 Å². The van der Waals surface area contributed by atoms with E-state index in [1.807, 2.05) is 0 Å². The molecule has 0 saturated carbocycles. The minimum absolute atomic E-state index is 0.00911. The highest BCUT2D eigenvalue weighted by Crippen LogP contribution is 2.27. The van der Waals surface area contributed by atoms with Crippen molar-refractivity contribution < 1.29 is 17.9 Å². The van der Waals surface area contributed by atoms with Crippen LogP contribution in [0.1, 0.15) is 24.1 Å². The molecule has 0 spiro atoms. The van der Waals surface area contributed by atoms with Crippen molar-refractivity contribution in [2.75, 3.05) is 11.9 Å². The third kappa shape index (κ3) is 4.34. The standard InChI is InChI=1S/C17H19N3O4S/c18-25(22,23)13-7-5-12(6-8-13)20-17(21)11-24-16-9-10-19-15-4-2-1-3-14(15)16/h5-10H,1-4,11H2,(H,20,21)(H2,18,22,23). The number of aromatic nitrogens is 1. The molecule has 0 atom stereocenters. The molecule has 1 heterocycles. The van der Waals surface area contributed by atoms with Crippen LogP contribution in [0.3, 0.4) is 0 Å². The molecule has 0 bridgehead atoms. The van der Waals surface area contributed by atoms with Crippen molar-refractivity contribution in [3.63, 3.8) is 0 Å². The first-order chi connectivity index (χ1) is 11.9. The fraction of sp³-hybridized carbons (Fsp3) is 0.294. The Hall–Kier alpha value is -2.45. The van der Waals surface area contributed by atoms with Gasteiger partial charge in [0.15, 0.2) is 6.61 Å². The minimum Gasteiger partial charge on any atom is -0.483 e. The average Bonchev–Trinajstić information content (AvgIpc) is 2.59. The molecule has 0 saturated heterocycles. The number of sulfonamides is 1. The quantitative estimate of drug-likeness (QED) is 0.841. The van der Waals surface area contributed by atoms with Gasteiger partial charge in [0.25, 0.3) is 5.91 Å². The highest BCUT2D eigenvalue weighted by molar-refractivity contribution is 7.89. The third-order valence-corrected chi connectivity index (χ3v) is 4.95. The van der Waals surface area contributed by atoms with Crippen molar-refractivity contribution in [3.05, 3.63) is 47.8 Å². The lowest BCUT2D eigenvalue weighted by atomic mass is 9.95. The summed E-state index contributed by atoms with van der Waals surface area (Å²) in [5.41, 5.74) is 2.60. The number of nitrogens with one attached hydrogen (secondary N) is 1. The lowest BCUT2D eigenvalue weighted by Gasteiger charge is -2.18. The first-order valence-corrected chi connectivity index (χ1v) is 9.50. The van der Waals surface area contributed by atoms with E-state index in [1.165, 1.54) is 24.3 Å². The molecule has 3 N–H and O–H groups in total. The van der Waals surface area contributed by atoms with Crippen molar-refractivity contribution in [2.45, 2.75) is 30.6 Å². The number of nitrogens with zero attached hydrogens (tertiary/aromatic N) is 1. The van der Waals surface area contributed by atoms with E-state index in [2.05, 4.69) is 10.3 Å². The van der Waals surface area contributed by atoms with Gasteiger partial charge in [0.1, 0.15) is 5.75 Å². The molecule has 1 aromatic carbocycles. The number of pyridine rings is 1. The zero-order valence-electron chi connectivity index (χ0n) is 13.6. The van der Waals surface area contributed by atoms with Gasteiger partial charge in [-0.2, -0.15) is 0 Å². The molecule has 0 radical (unpaired) electrons. The summed E-state index contributed by atoms with van der Waals surface area (Å²) in [6.45, 7) is -0.132. The van der Waals surface area contributed by atoms with Crippen molar-refractivity contribution in [1.29, 1.82) is 0 Å². The van der Waals surface area contributed by atoms with Crippen LogP contribution >= 0.6 is 0 Å². The molecule has 1 aliphatic carbocycles. The van der Waals surface area contributed by atoms with E-state index in [0.717, 1.165) is 36.9 Å². The van der Waals surface area contributed by atoms with Crippen LogP contribution in [-0.4, -0.2) is 25.9 Å². The number of hydrogen-bond donors (Lipinski definition) is 2. The van der Waals surface area contributed by atoms with E-state index in [4.69, 9.17) is 9.88 Å². The highest BCUT2D eigenvalue weighted by Gasteiger charge is 2.16. The zero-order chi connectivity index (χ0) is 17.9. The molecule has 3 rings (SSSR count). The van der Waals surface area contributed by atoms with Crippen LogP contribution in [0.5, 0.6) is 5.75 Å². The lowest BCUT2D eigenvalue weighted by molar-refractivity contribution is -0.118. The Morgan fingerprint density at radius 1 is 1.16 bits per heavy atom. The van der Waals surface area contributed by atoms with Crippen LogP contribution in [0.4, 0.5) is 5.69 Å². The largest absolute Gasteiger partial charge is 0.483 e. The fourth-order valence-electron chi connectivity index (χ4n) is 2.80. The number of anilines is 1. The number of nitrogens with two attached hydrogens (primary N) is 1. The predicted molar refractivity (Wildman–Crippen MR) is 92.8 cm³/mol. The normalized spacial score (nSPS) is 13.8. The van der Waals surface area contributed by atoms with Gasteiger partial charge in [0.2, 0.25) is 10.0 Å². The van der Waals surface area contributed by atoms with Gasteiger partial charge in [-0.3, -0.25) is 9.78 Å². The minimum atomic E-state index is -3.75. The molecule has 7 nitrogen and oxygen atoms in total. The van der Waals surface area contributed by atoms with Gasteiger partial charge in [0.05, 0.1) is 4.90 Å². The average molecular weight is 361 g/mol. The molecule has 1 amide bonds. The summed E-state index contributed by atoms with van der Waals surface area (Å²) in [6.07, 6.45) is 5.77. The molecule has 132 valence electrons. The van der Waals surface area contributed by atoms with E-state index in [1.54, 1.807) is 12.3 Å². The first kappa shape index (κ1) is 17.4. The van der Waals surface area contributed by atoms with Gasteiger partial charge in [-0.25, -0.2) is 13.6 Å². The molecule has 25 heavy (non-hydrogen) atoms. The number of rotatable bonds is 5. The maximum absolute atomic E-state index is 12.0. The van der Waals surface area contributed by atoms with Crippen molar-refractivity contribution in [3.8, 4) is 5.75 Å². The van der Waals surface area contributed by atoms with Crippen LogP contribution < -0.4 is 15.2 Å². The van der Waals surface area contributed by atoms with Gasteiger partial charge < -0.3 is 10.1 Å². The molecular weight excluding hydrogens is 342 g/mol. The smallest absolute Gasteiger partial charge is 0.262 e. The third-order valence-electron chi connectivity index (χ3n) is 4.02. The van der Waals surface area contributed by atoms with Gasteiger partial charge in [-0.1, -0.05) is 0 Å². The Balaban J connectivity index is 1.60. The van der Waals surface area contributed by atoms with Crippen LogP contribution in [0.15, 0.2) is 41.4 Å². The Morgan fingerprint density at radius 3 is 2.60 bits per heavy atom. The molecule has 0 fully saturated rings. The van der Waals surface area contributed by atoms with E-state index >= 15 is 0 Å². The van der Waals surface area contributed by atoms with E-state index in [0.29, 0.717) is 11.4 Å². The second kappa shape index (κ2) is 7.20. The van der Waals surface area contributed by atoms with Gasteiger partial charge in [-0.15, -0.1) is 0 Å². The topological polar surface area (TPSA) is 111 Å². The number of hydrogen-bond acceptors (Lipinski definition) is 5. The van der Waals surface area contributed by atoms with Crippen molar-refractivity contribution in [2.24, 2.45) is 5.14 Å². The number of fused-ring (bicyclic) bond motifs is 1. The lowest BCUT2D eigenvalue weighted by Crippen LogP contribution is -2.21. The Kier molecular flexibility index (Phi) is 5.00. The highest BCUT2D eigenvalue weighted by atomic mass is 32.2. The van der Waals surface area contributed by atoms with Crippen LogP contribution in [-0.2, 0) is 27.7 Å². The Labute approximate surface area is 146 Å². The van der Waals surface area contributed by atoms with Gasteiger partial charge >= 0.3 is 0 Å². The van der Waals surface area contributed by atoms with Crippen LogP contribution in [0, 0.1) is 0 Å². The van der Waals surface area contributed by atoms with E-state index < -0.39 is 10.0 Å². The molecule has 1 aromatic heterocycles. The number of carbonyl (C=O) groups excluding carboxylic acids is 1. The molecular formula is C17H19N3O4S. The van der Waals surface area contributed by atoms with Crippen molar-refractivity contribution >= 4 is 21.6 Å². The SMILES string of the molecule is NS(=O)(=O)c1ccc(NC(=O)COc2ccnc3c2CCCC3)cc1. The van der Waals surface area contributed by atoms with Crippen molar-refractivity contribution in [1.82, 2.24) is 4.98 Å². The number of primary sulfonamides is 1. The summed E-state index contributed by atoms with van der Waals surface area (Å²) in [5.74, 6) is 0.370. The summed E-state index contributed by atoms with van der Waals surface area (Å²) in [4.78, 5) is 16.4. The van der Waals surface area contributed by atoms with Crippen LogP contribution in [0.2, 0.25) is 0 Å². The predicted octanol–water partition coefficient (Wildman–Crippen LogP) is 1.63. The molecule has 0 aliphatic heterocycles. The fourth-order valence-corrected chi connectivity index (χ4v) is 3.31. The molecule has 0 unspecified atom stereocenters. The maximum Gasteiger partial charge on any atom is 0.262 e. The maximum atomic E-state index is 12.0. The number of carbonyl (C=O) groups is 1. The number of amides is 1. The summed E-state index contributed by atoms with van der Waals surface area (Å²) >= 11 is 0. The number of aryl methyl sites for hydroxylation is 1. The summed E-state index contributed by atoms with van der Waals surface area (Å²) in [7, 11) is -3.75. The monoisotopic (exact) mass is 361 g/mol. The molecule has 1 aliphatic rings. The number of benzene rings is 1. The summed E-state index contributed by atoms with van der Waals surface area (Å²) < 4.78 is 28.1. The Bertz CT molecular complexity index is 879. The molecule has 2 aromatic rings. The second-order valence-electron chi connectivity index (χ2n) is 5.85. The van der Waals surface area contributed by atoms with Gasteiger partial charge in [-0.05, 0) is 56.0 Å². The number of ether oxygens (including phenoxy) is 1. The Morgan fingerprint density at radius 2 is 1.88 bits per heavy atom. The summed E-state index contributed by atoms with van der Waals surface area (Å²) in [5, 5.41) is 7.69. The zero-order valence-corrected chi connectivity index (χ0v) is 14.4. The van der Waals surface area contributed by atoms with E-state index in [9.17, 15) is 13.2 Å². The second-order valence-corrected chi connectivity index (χ2v) is 7.41. The summed E-state index contributed by atoms with van der Waals surface area (Å²) in [6, 6.07) is 7.41. The molecule has 8 heteroatoms. The first-order valence-electron chi connectivity index (χ1n) is 7.96. The van der Waals surface area contributed by atoms with E-state index in [-0.39, 0.29) is 17.4 Å².